The molecule has 28 heavy (non-hydrogen) atoms. The molecule has 148 valence electrons. The second-order valence-electron chi connectivity index (χ2n) is 6.07. The van der Waals surface area contributed by atoms with Crippen LogP contribution >= 0.6 is 0 Å². The molecule has 2 aromatic carbocycles. The number of ether oxygens (including phenoxy) is 1. The minimum absolute atomic E-state index is 0.0291. The summed E-state index contributed by atoms with van der Waals surface area (Å²) < 4.78 is 33.7. The molecule has 1 amide bonds. The molecule has 0 atom stereocenters. The number of nitrogens with one attached hydrogen (secondary N) is 1. The smallest absolute Gasteiger partial charge is 0.262 e. The number of hydrogen-bond acceptors (Lipinski definition) is 4. The number of rotatable bonds is 9. The Hall–Kier alpha value is -3.06. The lowest BCUT2D eigenvalue weighted by Crippen LogP contribution is -2.31. The summed E-state index contributed by atoms with van der Waals surface area (Å²) in [5, 5.41) is 0. The van der Waals surface area contributed by atoms with E-state index < -0.39 is 10.0 Å². The normalized spacial score (nSPS) is 10.8. The predicted molar refractivity (Wildman–Crippen MR) is 111 cm³/mol. The maximum atomic E-state index is 13.0. The van der Waals surface area contributed by atoms with Gasteiger partial charge < -0.3 is 9.64 Å². The van der Waals surface area contributed by atoms with Crippen molar-refractivity contribution >= 4 is 21.6 Å². The highest BCUT2D eigenvalue weighted by molar-refractivity contribution is 7.92. The number of hydrogen-bond donors (Lipinski definition) is 1. The first-order valence-electron chi connectivity index (χ1n) is 8.61. The Morgan fingerprint density at radius 1 is 1.14 bits per heavy atom. The molecular weight excluding hydrogens is 376 g/mol. The molecule has 7 heteroatoms. The summed E-state index contributed by atoms with van der Waals surface area (Å²) in [7, 11) is -2.46. The van der Waals surface area contributed by atoms with Crippen molar-refractivity contribution < 1.29 is 17.9 Å². The minimum atomic E-state index is -3.92. The average molecular weight is 401 g/mol. The third-order valence-electron chi connectivity index (χ3n) is 4.06. The van der Waals surface area contributed by atoms with Crippen molar-refractivity contribution in [2.45, 2.75) is 11.8 Å². The van der Waals surface area contributed by atoms with Crippen LogP contribution in [0.4, 0.5) is 5.69 Å². The van der Waals surface area contributed by atoms with Crippen LogP contribution in [-0.2, 0) is 10.0 Å². The highest BCUT2D eigenvalue weighted by Gasteiger charge is 2.22. The molecule has 0 aliphatic rings. The van der Waals surface area contributed by atoms with Crippen molar-refractivity contribution in [1.29, 1.82) is 0 Å². The summed E-state index contributed by atoms with van der Waals surface area (Å²) in [4.78, 5) is 14.3. The number of benzene rings is 2. The van der Waals surface area contributed by atoms with Gasteiger partial charge >= 0.3 is 0 Å². The molecule has 0 radical (unpaired) electrons. The fourth-order valence-corrected chi connectivity index (χ4v) is 4.03. The van der Waals surface area contributed by atoms with Crippen molar-refractivity contribution in [2.75, 3.05) is 24.9 Å². The van der Waals surface area contributed by atoms with Crippen LogP contribution in [0.15, 0.2) is 72.7 Å². The third kappa shape index (κ3) is 4.80. The Bertz CT molecular complexity index is 974. The van der Waals surface area contributed by atoms with E-state index in [0.717, 1.165) is 0 Å². The van der Waals surface area contributed by atoms with Crippen LogP contribution in [0.1, 0.15) is 15.9 Å². The number of aryl methyl sites for hydroxylation is 1. The van der Waals surface area contributed by atoms with Crippen LogP contribution in [0.5, 0.6) is 5.75 Å². The van der Waals surface area contributed by atoms with Gasteiger partial charge in [0.25, 0.3) is 15.9 Å². The number of nitrogens with zero attached hydrogens (tertiary/aromatic N) is 1. The Morgan fingerprint density at radius 2 is 1.79 bits per heavy atom. The average Bonchev–Trinajstić information content (AvgIpc) is 2.67. The van der Waals surface area contributed by atoms with Gasteiger partial charge in [0.15, 0.2) is 0 Å². The van der Waals surface area contributed by atoms with Gasteiger partial charge in [0.2, 0.25) is 0 Å². The Kier molecular flexibility index (Phi) is 7.00. The van der Waals surface area contributed by atoms with E-state index in [4.69, 9.17) is 4.74 Å². The fraction of sp³-hybridized carbons (Fsp3) is 0.190. The zero-order chi connectivity index (χ0) is 20.7. The number of para-hydroxylation sites is 2. The van der Waals surface area contributed by atoms with E-state index in [1.165, 1.54) is 18.1 Å². The maximum Gasteiger partial charge on any atom is 0.262 e. The quantitative estimate of drug-likeness (QED) is 0.653. The van der Waals surface area contributed by atoms with Gasteiger partial charge in [-0.05, 0) is 36.8 Å². The number of carbonyl (C=O) groups is 1. The predicted octanol–water partition coefficient (Wildman–Crippen LogP) is 3.62. The maximum absolute atomic E-state index is 13.0. The number of carbonyl (C=O) groups excluding carboxylic acids is 1. The van der Waals surface area contributed by atoms with E-state index in [2.05, 4.69) is 17.9 Å². The van der Waals surface area contributed by atoms with Gasteiger partial charge in [-0.3, -0.25) is 9.52 Å². The number of sulfonamides is 1. The summed E-state index contributed by atoms with van der Waals surface area (Å²) in [6, 6.07) is 11.3. The molecule has 6 nitrogen and oxygen atoms in total. The van der Waals surface area contributed by atoms with Crippen LogP contribution in [0.3, 0.4) is 0 Å². The summed E-state index contributed by atoms with van der Waals surface area (Å²) in [5.74, 6) is 0.104. The van der Waals surface area contributed by atoms with Gasteiger partial charge in [-0.25, -0.2) is 8.42 Å². The highest BCUT2D eigenvalue weighted by atomic mass is 32.2. The van der Waals surface area contributed by atoms with Crippen LogP contribution in [0, 0.1) is 6.92 Å². The van der Waals surface area contributed by atoms with Crippen LogP contribution in [-0.4, -0.2) is 39.4 Å². The van der Waals surface area contributed by atoms with E-state index >= 15 is 0 Å². The van der Waals surface area contributed by atoms with Gasteiger partial charge in [0, 0.05) is 18.7 Å². The molecule has 0 aliphatic heterocycles. The van der Waals surface area contributed by atoms with Crippen LogP contribution in [0.25, 0.3) is 0 Å². The molecule has 0 aromatic heterocycles. The van der Waals surface area contributed by atoms with Crippen molar-refractivity contribution in [2.24, 2.45) is 0 Å². The van der Waals surface area contributed by atoms with E-state index in [0.29, 0.717) is 30.1 Å². The van der Waals surface area contributed by atoms with E-state index in [1.807, 2.05) is 0 Å². The second kappa shape index (κ2) is 9.23. The summed E-state index contributed by atoms with van der Waals surface area (Å²) in [6.07, 6.45) is 3.22. The van der Waals surface area contributed by atoms with Crippen molar-refractivity contribution in [3.63, 3.8) is 0 Å². The number of methoxy groups -OCH3 is 1. The lowest BCUT2D eigenvalue weighted by atomic mass is 10.1. The van der Waals surface area contributed by atoms with Gasteiger partial charge in [0.05, 0.1) is 17.7 Å². The topological polar surface area (TPSA) is 75.7 Å². The van der Waals surface area contributed by atoms with Crippen molar-refractivity contribution in [1.82, 2.24) is 4.90 Å². The second-order valence-corrected chi connectivity index (χ2v) is 7.72. The molecule has 0 spiro atoms. The molecular formula is C21H24N2O4S. The molecule has 0 saturated heterocycles. The first kappa shape index (κ1) is 21.2. The molecule has 2 rings (SSSR count). The van der Waals surface area contributed by atoms with Crippen molar-refractivity contribution in [3.05, 3.63) is 78.9 Å². The van der Waals surface area contributed by atoms with Gasteiger partial charge in [-0.2, -0.15) is 0 Å². The van der Waals surface area contributed by atoms with E-state index in [-0.39, 0.29) is 16.4 Å². The van der Waals surface area contributed by atoms with E-state index in [1.54, 1.807) is 55.5 Å². The van der Waals surface area contributed by atoms with Gasteiger partial charge in [0.1, 0.15) is 5.75 Å². The largest absolute Gasteiger partial charge is 0.495 e. The lowest BCUT2D eigenvalue weighted by Gasteiger charge is -2.20. The number of amides is 1. The molecule has 0 heterocycles. The van der Waals surface area contributed by atoms with E-state index in [9.17, 15) is 13.2 Å². The van der Waals surface area contributed by atoms with Gasteiger partial charge in [-0.15, -0.1) is 13.2 Å². The Labute approximate surface area is 166 Å². The first-order chi connectivity index (χ1) is 13.3. The standard InChI is InChI=1S/C21H24N2O4S/c1-5-13-23(14-6-2)21(24)17-12-11-16(3)20(15-17)28(25,26)22-18-9-7-8-10-19(18)27-4/h5-12,15,22H,1-2,13-14H2,3-4H3. The molecule has 0 unspecified atom stereocenters. The molecule has 2 aromatic rings. The first-order valence-corrected chi connectivity index (χ1v) is 10.1. The lowest BCUT2D eigenvalue weighted by molar-refractivity contribution is 0.0790. The zero-order valence-electron chi connectivity index (χ0n) is 16.0. The number of anilines is 1. The Morgan fingerprint density at radius 3 is 2.39 bits per heavy atom. The van der Waals surface area contributed by atoms with Gasteiger partial charge in [-0.1, -0.05) is 30.4 Å². The molecule has 0 bridgehead atoms. The molecule has 0 saturated carbocycles. The van der Waals surface area contributed by atoms with Crippen molar-refractivity contribution in [3.8, 4) is 5.75 Å². The SMILES string of the molecule is C=CCN(CC=C)C(=O)c1ccc(C)c(S(=O)(=O)Nc2ccccc2OC)c1. The van der Waals surface area contributed by atoms with Crippen LogP contribution in [0.2, 0.25) is 0 Å². The minimum Gasteiger partial charge on any atom is -0.495 e. The summed E-state index contributed by atoms with van der Waals surface area (Å²) in [6.45, 7) is 9.64. The summed E-state index contributed by atoms with van der Waals surface area (Å²) in [5.41, 5.74) is 1.12. The molecule has 0 aliphatic carbocycles. The van der Waals surface area contributed by atoms with Crippen LogP contribution < -0.4 is 9.46 Å². The summed E-state index contributed by atoms with van der Waals surface area (Å²) >= 11 is 0. The molecule has 0 fully saturated rings. The Balaban J connectivity index is 2.42. The highest BCUT2D eigenvalue weighted by Crippen LogP contribution is 2.27. The molecule has 1 N–H and O–H groups in total. The monoisotopic (exact) mass is 400 g/mol. The zero-order valence-corrected chi connectivity index (χ0v) is 16.8. The fourth-order valence-electron chi connectivity index (χ4n) is 2.69. The third-order valence-corrected chi connectivity index (χ3v) is 5.57.